The highest BCUT2D eigenvalue weighted by atomic mass is 35.5. The van der Waals surface area contributed by atoms with E-state index in [1.54, 1.807) is 6.07 Å². The Balaban J connectivity index is 1.68. The molecule has 1 fully saturated rings. The zero-order chi connectivity index (χ0) is 20.7. The fourth-order valence-corrected chi connectivity index (χ4v) is 4.03. The second-order valence-corrected chi connectivity index (χ2v) is 8.21. The summed E-state index contributed by atoms with van der Waals surface area (Å²) in [6.45, 7) is 0.755. The lowest BCUT2D eigenvalue weighted by Gasteiger charge is -2.45. The number of carbonyl (C=O) groups is 1. The van der Waals surface area contributed by atoms with Crippen LogP contribution < -0.4 is 11.1 Å². The normalized spacial score (nSPS) is 21.0. The van der Waals surface area contributed by atoms with Crippen molar-refractivity contribution in [1.29, 1.82) is 0 Å². The summed E-state index contributed by atoms with van der Waals surface area (Å²) >= 11 is 5.85. The van der Waals surface area contributed by atoms with E-state index in [4.69, 9.17) is 27.4 Å². The number of hydrogen-bond donors (Lipinski definition) is 5. The summed E-state index contributed by atoms with van der Waals surface area (Å²) in [5.74, 6) is -1.43. The Kier molecular flexibility index (Phi) is 8.70. The Morgan fingerprint density at radius 2 is 2.00 bits per heavy atom. The van der Waals surface area contributed by atoms with Crippen LogP contribution in [-0.4, -0.2) is 46.4 Å². The van der Waals surface area contributed by atoms with Gasteiger partial charge in [-0.2, -0.15) is 0 Å². The predicted octanol–water partition coefficient (Wildman–Crippen LogP) is 2.21. The van der Waals surface area contributed by atoms with E-state index in [2.05, 4.69) is 5.32 Å². The largest absolute Gasteiger partial charge is 0.480 e. The van der Waals surface area contributed by atoms with Gasteiger partial charge in [0, 0.05) is 11.1 Å². The van der Waals surface area contributed by atoms with E-state index in [-0.39, 0.29) is 24.1 Å². The molecule has 156 valence electrons. The molecule has 0 saturated heterocycles. The van der Waals surface area contributed by atoms with Crippen molar-refractivity contribution in [2.24, 2.45) is 11.7 Å². The highest BCUT2D eigenvalue weighted by Crippen LogP contribution is 2.38. The first-order chi connectivity index (χ1) is 13.2. The minimum atomic E-state index is -1.36. The molecule has 0 bridgehead atoms. The monoisotopic (exact) mass is 414 g/mol. The van der Waals surface area contributed by atoms with E-state index < -0.39 is 18.6 Å². The summed E-state index contributed by atoms with van der Waals surface area (Å²) < 4.78 is 13.3. The number of hydrogen-bond acceptors (Lipinski definition) is 5. The molecule has 1 aromatic rings. The molecule has 1 unspecified atom stereocenters. The average molecular weight is 415 g/mol. The van der Waals surface area contributed by atoms with Crippen molar-refractivity contribution in [2.45, 2.75) is 62.8 Å². The van der Waals surface area contributed by atoms with Gasteiger partial charge in [0.05, 0.1) is 0 Å². The van der Waals surface area contributed by atoms with Crippen molar-refractivity contribution >= 4 is 24.7 Å². The number of aryl methyl sites for hydroxylation is 1. The highest BCUT2D eigenvalue weighted by Gasteiger charge is 2.47. The van der Waals surface area contributed by atoms with Gasteiger partial charge in [0.2, 0.25) is 0 Å². The molecule has 1 aliphatic rings. The Morgan fingerprint density at radius 1 is 1.29 bits per heavy atom. The standard InChI is InChI=1S/C19H29BClFN2O4/c21-15-8-13(9-16(22)12-15)4-3-7-24-17-10-14(11-17)19(23,18(25)26)5-1-2-6-20(27)28/h8-9,12,14,17,24,27-28H,1-7,10-11,23H2,(H,25,26)/t14-,17-,19?. The third-order valence-corrected chi connectivity index (χ3v) is 5.78. The average Bonchev–Trinajstić information content (AvgIpc) is 2.55. The molecular weight excluding hydrogens is 385 g/mol. The van der Waals surface area contributed by atoms with E-state index in [0.29, 0.717) is 43.5 Å². The van der Waals surface area contributed by atoms with Crippen molar-refractivity contribution in [3.05, 3.63) is 34.6 Å². The summed E-state index contributed by atoms with van der Waals surface area (Å²) in [5, 5.41) is 31.1. The van der Waals surface area contributed by atoms with E-state index in [9.17, 15) is 14.3 Å². The lowest BCUT2D eigenvalue weighted by Crippen LogP contribution is -2.61. The molecule has 9 heteroatoms. The van der Waals surface area contributed by atoms with Crippen LogP contribution in [0.2, 0.25) is 11.3 Å². The van der Waals surface area contributed by atoms with Crippen LogP contribution in [0.5, 0.6) is 0 Å². The molecule has 2 rings (SSSR count). The van der Waals surface area contributed by atoms with Crippen LogP contribution in [0.15, 0.2) is 18.2 Å². The van der Waals surface area contributed by atoms with E-state index in [0.717, 1.165) is 18.5 Å². The maximum atomic E-state index is 13.3. The molecule has 6 N–H and O–H groups in total. The summed E-state index contributed by atoms with van der Waals surface area (Å²) in [6.07, 6.45) is 4.58. The number of unbranched alkanes of at least 4 members (excludes halogenated alkanes) is 1. The Morgan fingerprint density at radius 3 is 2.61 bits per heavy atom. The van der Waals surface area contributed by atoms with Crippen molar-refractivity contribution in [3.8, 4) is 0 Å². The van der Waals surface area contributed by atoms with Crippen molar-refractivity contribution in [1.82, 2.24) is 5.32 Å². The van der Waals surface area contributed by atoms with Crippen LogP contribution in [0.1, 0.15) is 44.1 Å². The maximum absolute atomic E-state index is 13.3. The summed E-state index contributed by atoms with van der Waals surface area (Å²) in [7, 11) is -1.36. The number of carboxylic acids is 1. The Labute approximate surface area is 170 Å². The van der Waals surface area contributed by atoms with Gasteiger partial charge in [-0.1, -0.05) is 24.4 Å². The second-order valence-electron chi connectivity index (χ2n) is 7.77. The quantitative estimate of drug-likeness (QED) is 0.264. The number of benzene rings is 1. The molecule has 0 heterocycles. The number of nitrogens with two attached hydrogens (primary N) is 1. The molecule has 0 aliphatic heterocycles. The minimum Gasteiger partial charge on any atom is -0.480 e. The molecule has 1 saturated carbocycles. The topological polar surface area (TPSA) is 116 Å². The molecule has 28 heavy (non-hydrogen) atoms. The van der Waals surface area contributed by atoms with Gasteiger partial charge in [-0.3, -0.25) is 4.79 Å². The Bertz CT molecular complexity index is 641. The van der Waals surface area contributed by atoms with Crippen LogP contribution >= 0.6 is 11.6 Å². The lowest BCUT2D eigenvalue weighted by molar-refractivity contribution is -0.148. The smallest absolute Gasteiger partial charge is 0.451 e. The summed E-state index contributed by atoms with van der Waals surface area (Å²) in [6, 6.07) is 4.76. The number of rotatable bonds is 12. The number of nitrogens with one attached hydrogen (secondary N) is 1. The Hall–Kier alpha value is -1.19. The van der Waals surface area contributed by atoms with Gasteiger partial charge in [0.25, 0.3) is 0 Å². The summed E-state index contributed by atoms with van der Waals surface area (Å²) in [4.78, 5) is 11.7. The predicted molar refractivity (Wildman–Crippen MR) is 108 cm³/mol. The first-order valence-corrected chi connectivity index (χ1v) is 10.2. The summed E-state index contributed by atoms with van der Waals surface area (Å²) in [5.41, 5.74) is 5.78. The van der Waals surface area contributed by atoms with E-state index in [1.807, 2.05) is 0 Å². The van der Waals surface area contributed by atoms with Crippen LogP contribution in [0.4, 0.5) is 4.39 Å². The zero-order valence-corrected chi connectivity index (χ0v) is 16.7. The van der Waals surface area contributed by atoms with Gasteiger partial charge in [-0.25, -0.2) is 4.39 Å². The third-order valence-electron chi connectivity index (χ3n) is 5.57. The van der Waals surface area contributed by atoms with Crippen LogP contribution in [0, 0.1) is 11.7 Å². The van der Waals surface area contributed by atoms with Crippen LogP contribution in [0.25, 0.3) is 0 Å². The second kappa shape index (κ2) is 10.6. The number of halogens is 2. The van der Waals surface area contributed by atoms with Crippen LogP contribution in [-0.2, 0) is 11.2 Å². The molecular formula is C19H29BClFN2O4. The van der Waals surface area contributed by atoms with E-state index >= 15 is 0 Å². The first kappa shape index (κ1) is 23.1. The fraction of sp³-hybridized carbons (Fsp3) is 0.632. The molecule has 0 aromatic heterocycles. The molecule has 6 nitrogen and oxygen atoms in total. The lowest BCUT2D eigenvalue weighted by atomic mass is 9.66. The van der Waals surface area contributed by atoms with Gasteiger partial charge in [0.1, 0.15) is 11.4 Å². The SMILES string of the molecule is NC(CCCCB(O)O)(C(=O)O)[C@H]1C[C@H](NCCCc2cc(F)cc(Cl)c2)C1. The van der Waals surface area contributed by atoms with Crippen molar-refractivity contribution < 1.29 is 24.3 Å². The van der Waals surface area contributed by atoms with Crippen LogP contribution in [0.3, 0.4) is 0 Å². The first-order valence-electron chi connectivity index (χ1n) is 9.77. The van der Waals surface area contributed by atoms with Gasteiger partial charge in [-0.15, -0.1) is 0 Å². The molecule has 0 spiro atoms. The van der Waals surface area contributed by atoms with Gasteiger partial charge < -0.3 is 26.2 Å². The van der Waals surface area contributed by atoms with Gasteiger partial charge in [0.15, 0.2) is 0 Å². The minimum absolute atomic E-state index is 0.0939. The molecule has 1 aliphatic carbocycles. The van der Waals surface area contributed by atoms with Gasteiger partial charge >= 0.3 is 13.1 Å². The zero-order valence-electron chi connectivity index (χ0n) is 15.9. The number of aliphatic carboxylic acids is 1. The van der Waals surface area contributed by atoms with Crippen molar-refractivity contribution in [2.75, 3.05) is 6.54 Å². The van der Waals surface area contributed by atoms with E-state index in [1.165, 1.54) is 12.1 Å². The molecule has 1 aromatic carbocycles. The molecule has 1 atom stereocenters. The fourth-order valence-electron chi connectivity index (χ4n) is 3.79. The maximum Gasteiger partial charge on any atom is 0.451 e. The van der Waals surface area contributed by atoms with Gasteiger partial charge in [-0.05, 0) is 74.6 Å². The number of carboxylic acid groups (broad SMARTS) is 1. The van der Waals surface area contributed by atoms with Crippen molar-refractivity contribution in [3.63, 3.8) is 0 Å². The highest BCUT2D eigenvalue weighted by molar-refractivity contribution is 6.40. The molecule has 0 amide bonds. The molecule has 0 radical (unpaired) electrons. The third kappa shape index (κ3) is 6.70.